The fraction of sp³-hybridized carbons (Fsp3) is 0.235. The van der Waals surface area contributed by atoms with Gasteiger partial charge in [0, 0.05) is 17.3 Å². The minimum Gasteiger partial charge on any atom is -0.294 e. The maximum absolute atomic E-state index is 12.2. The molecule has 0 aliphatic carbocycles. The van der Waals surface area contributed by atoms with Gasteiger partial charge in [-0.25, -0.2) is 0 Å². The number of carbonyl (C=O) groups excluding carboxylic acids is 1. The van der Waals surface area contributed by atoms with Gasteiger partial charge in [0.25, 0.3) is 0 Å². The Labute approximate surface area is 122 Å². The number of halogens is 1. The molecule has 19 heavy (non-hydrogen) atoms. The lowest BCUT2D eigenvalue weighted by Crippen LogP contribution is -2.03. The summed E-state index contributed by atoms with van der Waals surface area (Å²) in [7, 11) is 0. The quantitative estimate of drug-likeness (QED) is 0.559. The van der Waals surface area contributed by atoms with E-state index in [4.69, 9.17) is 0 Å². The summed E-state index contributed by atoms with van der Waals surface area (Å²) in [4.78, 5) is 12.2. The molecule has 2 heteroatoms. The largest absolute Gasteiger partial charge is 0.294 e. The van der Waals surface area contributed by atoms with Gasteiger partial charge < -0.3 is 0 Å². The van der Waals surface area contributed by atoms with Crippen LogP contribution in [-0.2, 0) is 0 Å². The highest BCUT2D eigenvalue weighted by Gasteiger charge is 2.11. The van der Waals surface area contributed by atoms with Crippen molar-refractivity contribution in [2.75, 3.05) is 5.33 Å². The molecule has 2 aromatic carbocycles. The van der Waals surface area contributed by atoms with Crippen LogP contribution in [0.25, 0.3) is 11.1 Å². The van der Waals surface area contributed by atoms with Crippen molar-refractivity contribution < 1.29 is 4.79 Å². The molecule has 0 N–H and O–H groups in total. The topological polar surface area (TPSA) is 17.1 Å². The zero-order valence-corrected chi connectivity index (χ0v) is 12.6. The second kappa shape index (κ2) is 6.67. The predicted octanol–water partition coefficient (Wildman–Crippen LogP) is 5.02. The third-order valence-corrected chi connectivity index (χ3v) is 3.82. The average molecular weight is 317 g/mol. The van der Waals surface area contributed by atoms with Gasteiger partial charge in [-0.05, 0) is 30.0 Å². The normalized spacial score (nSPS) is 10.4. The summed E-state index contributed by atoms with van der Waals surface area (Å²) in [6.45, 7) is 2.03. The second-order valence-corrected chi connectivity index (χ2v) is 5.35. The fourth-order valence-electron chi connectivity index (χ4n) is 2.23. The smallest absolute Gasteiger partial charge is 0.163 e. The van der Waals surface area contributed by atoms with Gasteiger partial charge in [0.05, 0.1) is 0 Å². The summed E-state index contributed by atoms with van der Waals surface area (Å²) >= 11 is 3.37. The highest BCUT2D eigenvalue weighted by atomic mass is 79.9. The first-order valence-corrected chi connectivity index (χ1v) is 7.60. The molecular formula is C17H17BrO. The lowest BCUT2D eigenvalue weighted by atomic mass is 9.93. The Morgan fingerprint density at radius 2 is 1.79 bits per heavy atom. The molecule has 98 valence electrons. The van der Waals surface area contributed by atoms with E-state index in [1.165, 1.54) is 0 Å². The number of alkyl halides is 1. The molecule has 0 radical (unpaired) electrons. The van der Waals surface area contributed by atoms with Crippen molar-refractivity contribution in [3.63, 3.8) is 0 Å². The van der Waals surface area contributed by atoms with Gasteiger partial charge in [-0.3, -0.25) is 4.79 Å². The van der Waals surface area contributed by atoms with Crippen LogP contribution in [0.5, 0.6) is 0 Å². The van der Waals surface area contributed by atoms with Crippen LogP contribution in [0.3, 0.4) is 0 Å². The SMILES string of the molecule is Cc1c(C(=O)CCCBr)cccc1-c1ccccc1. The molecule has 2 rings (SSSR count). The number of carbonyl (C=O) groups is 1. The Morgan fingerprint density at radius 3 is 2.47 bits per heavy atom. The Hall–Kier alpha value is -1.41. The van der Waals surface area contributed by atoms with Crippen molar-refractivity contribution in [2.24, 2.45) is 0 Å². The van der Waals surface area contributed by atoms with E-state index in [0.717, 1.165) is 34.0 Å². The predicted molar refractivity (Wildman–Crippen MR) is 84.0 cm³/mol. The zero-order chi connectivity index (χ0) is 13.7. The van der Waals surface area contributed by atoms with Gasteiger partial charge in [0.15, 0.2) is 5.78 Å². The molecular weight excluding hydrogens is 300 g/mol. The summed E-state index contributed by atoms with van der Waals surface area (Å²) in [5, 5.41) is 0.871. The Morgan fingerprint density at radius 1 is 1.05 bits per heavy atom. The zero-order valence-electron chi connectivity index (χ0n) is 11.0. The summed E-state index contributed by atoms with van der Waals surface area (Å²) in [6.07, 6.45) is 1.48. The second-order valence-electron chi connectivity index (χ2n) is 4.56. The van der Waals surface area contributed by atoms with Gasteiger partial charge in [0.1, 0.15) is 0 Å². The Balaban J connectivity index is 2.36. The van der Waals surface area contributed by atoms with Crippen molar-refractivity contribution in [3.8, 4) is 11.1 Å². The van der Waals surface area contributed by atoms with Crippen LogP contribution in [0.15, 0.2) is 48.5 Å². The van der Waals surface area contributed by atoms with E-state index in [1.807, 2.05) is 37.3 Å². The van der Waals surface area contributed by atoms with Gasteiger partial charge >= 0.3 is 0 Å². The number of hydrogen-bond donors (Lipinski definition) is 0. The van der Waals surface area contributed by atoms with Crippen molar-refractivity contribution in [2.45, 2.75) is 19.8 Å². The fourth-order valence-corrected chi connectivity index (χ4v) is 2.51. The molecule has 0 aromatic heterocycles. The highest BCUT2D eigenvalue weighted by Crippen LogP contribution is 2.26. The molecule has 0 aliphatic rings. The van der Waals surface area contributed by atoms with Gasteiger partial charge in [-0.1, -0.05) is 64.5 Å². The first-order valence-electron chi connectivity index (χ1n) is 6.48. The van der Waals surface area contributed by atoms with E-state index in [1.54, 1.807) is 0 Å². The molecule has 0 bridgehead atoms. The van der Waals surface area contributed by atoms with Crippen molar-refractivity contribution in [3.05, 3.63) is 59.7 Å². The maximum atomic E-state index is 12.2. The summed E-state index contributed by atoms with van der Waals surface area (Å²) < 4.78 is 0. The van der Waals surface area contributed by atoms with E-state index in [9.17, 15) is 4.79 Å². The standard InChI is InChI=1S/C17H17BrO/c1-13-15(14-7-3-2-4-8-14)9-5-10-16(13)17(19)11-6-12-18/h2-5,7-10H,6,11-12H2,1H3. The minimum absolute atomic E-state index is 0.231. The molecule has 0 spiro atoms. The van der Waals surface area contributed by atoms with Crippen molar-refractivity contribution >= 4 is 21.7 Å². The number of benzene rings is 2. The van der Waals surface area contributed by atoms with Crippen LogP contribution >= 0.6 is 15.9 Å². The van der Waals surface area contributed by atoms with E-state index in [0.29, 0.717) is 6.42 Å². The van der Waals surface area contributed by atoms with Crippen LogP contribution in [0.4, 0.5) is 0 Å². The average Bonchev–Trinajstić information content (AvgIpc) is 2.46. The Bertz CT molecular complexity index is 561. The van der Waals surface area contributed by atoms with Crippen LogP contribution in [0.2, 0.25) is 0 Å². The highest BCUT2D eigenvalue weighted by molar-refractivity contribution is 9.09. The molecule has 0 amide bonds. The lowest BCUT2D eigenvalue weighted by Gasteiger charge is -2.10. The van der Waals surface area contributed by atoms with Gasteiger partial charge in [0.2, 0.25) is 0 Å². The minimum atomic E-state index is 0.231. The van der Waals surface area contributed by atoms with Crippen LogP contribution in [0.1, 0.15) is 28.8 Å². The van der Waals surface area contributed by atoms with Crippen LogP contribution in [0, 0.1) is 6.92 Å². The maximum Gasteiger partial charge on any atom is 0.163 e. The van der Waals surface area contributed by atoms with Gasteiger partial charge in [-0.15, -0.1) is 0 Å². The van der Waals surface area contributed by atoms with E-state index in [-0.39, 0.29) is 5.78 Å². The molecule has 0 saturated heterocycles. The van der Waals surface area contributed by atoms with Crippen LogP contribution < -0.4 is 0 Å². The summed E-state index contributed by atoms with van der Waals surface area (Å²) in [6, 6.07) is 16.2. The third-order valence-electron chi connectivity index (χ3n) is 3.26. The molecule has 0 heterocycles. The summed E-state index contributed by atoms with van der Waals surface area (Å²) in [5.41, 5.74) is 4.23. The first-order chi connectivity index (χ1) is 9.24. The number of ketones is 1. The molecule has 0 saturated carbocycles. The number of hydrogen-bond acceptors (Lipinski definition) is 1. The molecule has 0 aliphatic heterocycles. The molecule has 2 aromatic rings. The van der Waals surface area contributed by atoms with Crippen LogP contribution in [-0.4, -0.2) is 11.1 Å². The van der Waals surface area contributed by atoms with E-state index < -0.39 is 0 Å². The third kappa shape index (κ3) is 3.32. The van der Waals surface area contributed by atoms with Crippen molar-refractivity contribution in [1.82, 2.24) is 0 Å². The summed E-state index contributed by atoms with van der Waals surface area (Å²) in [5.74, 6) is 0.231. The van der Waals surface area contributed by atoms with Gasteiger partial charge in [-0.2, -0.15) is 0 Å². The van der Waals surface area contributed by atoms with E-state index >= 15 is 0 Å². The first kappa shape index (κ1) is 14.0. The Kier molecular flexibility index (Phi) is 4.92. The number of Topliss-reactive ketones (excluding diaryl/α,β-unsaturated/α-hetero) is 1. The number of rotatable bonds is 5. The van der Waals surface area contributed by atoms with Crippen molar-refractivity contribution in [1.29, 1.82) is 0 Å². The molecule has 0 atom stereocenters. The molecule has 1 nitrogen and oxygen atoms in total. The molecule has 0 unspecified atom stereocenters. The molecule has 0 fully saturated rings. The van der Waals surface area contributed by atoms with E-state index in [2.05, 4.69) is 34.1 Å². The lowest BCUT2D eigenvalue weighted by molar-refractivity contribution is 0.0981. The monoisotopic (exact) mass is 316 g/mol.